The molecule has 3 rings (SSSR count). The highest BCUT2D eigenvalue weighted by Gasteiger charge is 2.15. The monoisotopic (exact) mass is 326 g/mol. The molecule has 0 radical (unpaired) electrons. The molecule has 0 bridgehead atoms. The van der Waals surface area contributed by atoms with Crippen molar-refractivity contribution in [3.63, 3.8) is 0 Å². The van der Waals surface area contributed by atoms with Gasteiger partial charge in [0.15, 0.2) is 0 Å². The molecule has 0 saturated carbocycles. The number of nitrogens with zero attached hydrogens (tertiary/aromatic N) is 1. The number of benzene rings is 2. The lowest BCUT2D eigenvalue weighted by Crippen LogP contribution is -2.44. The number of carbonyl (C=O) groups excluding carboxylic acids is 1. The van der Waals surface area contributed by atoms with E-state index in [9.17, 15) is 4.79 Å². The molecule has 0 saturated heterocycles. The number of hydrazine groups is 1. The van der Waals surface area contributed by atoms with E-state index in [1.807, 2.05) is 11.1 Å². The second-order valence-corrected chi connectivity index (χ2v) is 6.11. The molecule has 2 aromatic rings. The first kappa shape index (κ1) is 15.8. The van der Waals surface area contributed by atoms with Crippen LogP contribution in [0.25, 0.3) is 0 Å². The van der Waals surface area contributed by atoms with Crippen molar-refractivity contribution in [2.75, 3.05) is 13.1 Å². The van der Waals surface area contributed by atoms with Crippen LogP contribution in [0.3, 0.4) is 0 Å². The molecule has 118 valence electrons. The molecule has 1 N–H and O–H groups in total. The normalized spacial score (nSPS) is 15.1. The van der Waals surface area contributed by atoms with Gasteiger partial charge in [0.05, 0.1) is 0 Å². The van der Waals surface area contributed by atoms with E-state index in [0.717, 1.165) is 25.9 Å². The maximum atomic E-state index is 12.2. The number of hydrogen-bond donors (Lipinski definition) is 1. The van der Waals surface area contributed by atoms with Gasteiger partial charge in [0.1, 0.15) is 0 Å². The van der Waals surface area contributed by atoms with Gasteiger partial charge in [-0.2, -0.15) is 0 Å². The van der Waals surface area contributed by atoms with Gasteiger partial charge in [0.2, 0.25) is 0 Å². The first-order valence-electron chi connectivity index (χ1n) is 7.74. The first-order chi connectivity index (χ1) is 11.2. The summed E-state index contributed by atoms with van der Waals surface area (Å²) in [6.07, 6.45) is 4.16. The second kappa shape index (κ2) is 7.44. The molecule has 1 amide bonds. The predicted molar refractivity (Wildman–Crippen MR) is 93.3 cm³/mol. The van der Waals surface area contributed by atoms with Crippen LogP contribution in [0.5, 0.6) is 0 Å². The maximum absolute atomic E-state index is 12.2. The summed E-state index contributed by atoms with van der Waals surface area (Å²) in [6, 6.07) is 17.4. The Balaban J connectivity index is 1.54. The topological polar surface area (TPSA) is 32.3 Å². The smallest absolute Gasteiger partial charge is 0.265 e. The third kappa shape index (κ3) is 4.44. The largest absolute Gasteiger partial charge is 0.284 e. The Hall–Kier alpha value is -2.10. The van der Waals surface area contributed by atoms with Gasteiger partial charge in [0.25, 0.3) is 5.91 Å². The average molecular weight is 327 g/mol. The molecule has 4 heteroatoms. The number of halogens is 1. The van der Waals surface area contributed by atoms with Crippen molar-refractivity contribution >= 4 is 17.5 Å². The molecule has 0 aromatic heterocycles. The van der Waals surface area contributed by atoms with E-state index < -0.39 is 0 Å². The molecule has 0 atom stereocenters. The van der Waals surface area contributed by atoms with Gasteiger partial charge >= 0.3 is 0 Å². The van der Waals surface area contributed by atoms with Crippen LogP contribution < -0.4 is 5.43 Å². The molecular weight excluding hydrogens is 308 g/mol. The molecule has 1 aliphatic rings. The summed E-state index contributed by atoms with van der Waals surface area (Å²) >= 11 is 5.84. The van der Waals surface area contributed by atoms with Crippen LogP contribution in [0, 0.1) is 0 Å². The van der Waals surface area contributed by atoms with Crippen LogP contribution in [0.2, 0.25) is 5.02 Å². The maximum Gasteiger partial charge on any atom is 0.265 e. The van der Waals surface area contributed by atoms with E-state index in [1.165, 1.54) is 11.1 Å². The quantitative estimate of drug-likeness (QED) is 0.865. The Morgan fingerprint density at radius 1 is 1.09 bits per heavy atom. The van der Waals surface area contributed by atoms with E-state index in [1.54, 1.807) is 24.3 Å². The van der Waals surface area contributed by atoms with Crippen molar-refractivity contribution in [1.29, 1.82) is 0 Å². The number of rotatable bonds is 4. The molecule has 0 spiro atoms. The van der Waals surface area contributed by atoms with E-state index >= 15 is 0 Å². The summed E-state index contributed by atoms with van der Waals surface area (Å²) < 4.78 is 0. The molecule has 0 unspecified atom stereocenters. The van der Waals surface area contributed by atoms with Crippen molar-refractivity contribution < 1.29 is 4.79 Å². The van der Waals surface area contributed by atoms with Crippen molar-refractivity contribution in [3.8, 4) is 0 Å². The summed E-state index contributed by atoms with van der Waals surface area (Å²) in [7, 11) is 0. The van der Waals surface area contributed by atoms with Crippen molar-refractivity contribution in [3.05, 3.63) is 82.4 Å². The molecule has 23 heavy (non-hydrogen) atoms. The van der Waals surface area contributed by atoms with E-state index in [0.29, 0.717) is 10.6 Å². The number of nitrogens with one attached hydrogen (secondary N) is 1. The Bertz CT molecular complexity index is 695. The summed E-state index contributed by atoms with van der Waals surface area (Å²) in [6.45, 7) is 1.57. The second-order valence-electron chi connectivity index (χ2n) is 5.67. The number of hydrogen-bond acceptors (Lipinski definition) is 2. The molecule has 1 aliphatic heterocycles. The summed E-state index contributed by atoms with van der Waals surface area (Å²) in [5, 5.41) is 2.58. The number of carbonyl (C=O) groups is 1. The van der Waals surface area contributed by atoms with Crippen molar-refractivity contribution in [1.82, 2.24) is 10.4 Å². The number of amides is 1. The Morgan fingerprint density at radius 2 is 1.83 bits per heavy atom. The summed E-state index contributed by atoms with van der Waals surface area (Å²) in [4.78, 5) is 12.2. The van der Waals surface area contributed by atoms with Gasteiger partial charge in [0, 0.05) is 23.7 Å². The highest BCUT2D eigenvalue weighted by Crippen LogP contribution is 2.16. The SMILES string of the molecule is O=C(NN1CC=C(Cc2ccccc2)CC1)c1ccc(Cl)cc1. The van der Waals surface area contributed by atoms with Gasteiger partial charge in [-0.05, 0) is 42.7 Å². The molecular formula is C19H19ClN2O. The molecule has 0 fully saturated rings. The van der Waals surface area contributed by atoms with Crippen LogP contribution in [-0.2, 0) is 6.42 Å². The lowest BCUT2D eigenvalue weighted by molar-refractivity contribution is 0.0801. The third-order valence-corrected chi connectivity index (χ3v) is 4.20. The fourth-order valence-corrected chi connectivity index (χ4v) is 2.77. The van der Waals surface area contributed by atoms with Crippen LogP contribution in [0.4, 0.5) is 0 Å². The minimum absolute atomic E-state index is 0.0958. The van der Waals surface area contributed by atoms with Gasteiger partial charge < -0.3 is 0 Å². The van der Waals surface area contributed by atoms with Crippen LogP contribution >= 0.6 is 11.6 Å². The zero-order valence-corrected chi connectivity index (χ0v) is 13.6. The highest BCUT2D eigenvalue weighted by atomic mass is 35.5. The zero-order valence-electron chi connectivity index (χ0n) is 12.8. The van der Waals surface area contributed by atoms with Gasteiger partial charge in [-0.1, -0.05) is 53.6 Å². The summed E-state index contributed by atoms with van der Waals surface area (Å²) in [5.74, 6) is -0.0958. The Kier molecular flexibility index (Phi) is 5.11. The Labute approximate surface area is 141 Å². The lowest BCUT2D eigenvalue weighted by Gasteiger charge is -2.26. The van der Waals surface area contributed by atoms with E-state index in [-0.39, 0.29) is 5.91 Å². The fourth-order valence-electron chi connectivity index (χ4n) is 2.64. The minimum Gasteiger partial charge on any atom is -0.284 e. The van der Waals surface area contributed by atoms with Crippen molar-refractivity contribution in [2.45, 2.75) is 12.8 Å². The van der Waals surface area contributed by atoms with Crippen LogP contribution in [0.15, 0.2) is 66.2 Å². The van der Waals surface area contributed by atoms with Gasteiger partial charge in [-0.25, -0.2) is 5.01 Å². The predicted octanol–water partition coefficient (Wildman–Crippen LogP) is 3.86. The van der Waals surface area contributed by atoms with Gasteiger partial charge in [-0.3, -0.25) is 10.2 Å². The van der Waals surface area contributed by atoms with Crippen LogP contribution in [0.1, 0.15) is 22.3 Å². The van der Waals surface area contributed by atoms with Crippen molar-refractivity contribution in [2.24, 2.45) is 0 Å². The first-order valence-corrected chi connectivity index (χ1v) is 8.12. The lowest BCUT2D eigenvalue weighted by atomic mass is 10.0. The summed E-state index contributed by atoms with van der Waals surface area (Å²) in [5.41, 5.74) is 6.32. The third-order valence-electron chi connectivity index (χ3n) is 3.94. The average Bonchev–Trinajstić information content (AvgIpc) is 2.58. The molecule has 1 heterocycles. The molecule has 2 aromatic carbocycles. The minimum atomic E-state index is -0.0958. The van der Waals surface area contributed by atoms with Crippen LogP contribution in [-0.4, -0.2) is 24.0 Å². The van der Waals surface area contributed by atoms with E-state index in [2.05, 4.69) is 35.8 Å². The Morgan fingerprint density at radius 3 is 2.48 bits per heavy atom. The van der Waals surface area contributed by atoms with E-state index in [4.69, 9.17) is 11.6 Å². The molecule has 0 aliphatic carbocycles. The standard InChI is InChI=1S/C19H19ClN2O/c20-18-8-6-17(7-9-18)19(23)21-22-12-10-16(11-13-22)14-15-4-2-1-3-5-15/h1-10H,11-14H2,(H,21,23). The fraction of sp³-hybridized carbons (Fsp3) is 0.211. The highest BCUT2D eigenvalue weighted by molar-refractivity contribution is 6.30. The van der Waals surface area contributed by atoms with Gasteiger partial charge in [-0.15, -0.1) is 0 Å². The zero-order chi connectivity index (χ0) is 16.1. The molecule has 3 nitrogen and oxygen atoms in total.